The molecule has 5 N–H and O–H groups in total. The molecule has 0 bridgehead atoms. The number of carbonyl (C=O) groups excluding carboxylic acids is 2. The van der Waals surface area contributed by atoms with Crippen LogP contribution in [0.25, 0.3) is 44.7 Å². The molecule has 2 saturated heterocycles. The number of aromatic amines is 2. The van der Waals surface area contributed by atoms with Crippen molar-refractivity contribution in [1.29, 1.82) is 0 Å². The summed E-state index contributed by atoms with van der Waals surface area (Å²) in [6, 6.07) is 17.7. The molecule has 2 fully saturated rings. The Kier molecular flexibility index (Phi) is 8.67. The number of nitrogens with one attached hydrogen (secondary N) is 3. The van der Waals surface area contributed by atoms with Gasteiger partial charge in [0.1, 0.15) is 17.7 Å². The summed E-state index contributed by atoms with van der Waals surface area (Å²) in [7, 11) is 1.35. The zero-order valence-corrected chi connectivity index (χ0v) is 27.4. The molecule has 0 unspecified atom stereocenters. The summed E-state index contributed by atoms with van der Waals surface area (Å²) in [5.41, 5.74) is 12.9. The first kappa shape index (κ1) is 31.5. The van der Waals surface area contributed by atoms with E-state index in [1.807, 2.05) is 50.4 Å². The smallest absolute Gasteiger partial charge is 0.409 e. The summed E-state index contributed by atoms with van der Waals surface area (Å²) in [5, 5.41) is 4.55. The lowest BCUT2D eigenvalue weighted by atomic mass is 10.0. The largest absolute Gasteiger partial charge is 0.453 e. The third-order valence-corrected chi connectivity index (χ3v) is 9.49. The van der Waals surface area contributed by atoms with E-state index in [9.17, 15) is 9.59 Å². The van der Waals surface area contributed by atoms with E-state index >= 15 is 0 Å². The molecule has 7 rings (SSSR count). The van der Waals surface area contributed by atoms with Crippen molar-refractivity contribution in [3.63, 3.8) is 0 Å². The van der Waals surface area contributed by atoms with Gasteiger partial charge in [0.25, 0.3) is 0 Å². The molecule has 2 aromatic carbocycles. The van der Waals surface area contributed by atoms with Crippen molar-refractivity contribution in [3.8, 4) is 33.8 Å². The highest BCUT2D eigenvalue weighted by Crippen LogP contribution is 2.31. The van der Waals surface area contributed by atoms with Crippen LogP contribution in [0.2, 0.25) is 0 Å². The number of amides is 2. The molecule has 12 heteroatoms. The molecule has 248 valence electrons. The number of H-pyrrole nitrogens is 2. The van der Waals surface area contributed by atoms with E-state index in [1.165, 1.54) is 13.5 Å². The minimum absolute atomic E-state index is 0.0218. The molecule has 48 heavy (non-hydrogen) atoms. The third-order valence-electron chi connectivity index (χ3n) is 9.49. The molecular weight excluding hydrogens is 606 g/mol. The number of benzene rings is 2. The molecule has 0 radical (unpaired) electrons. The van der Waals surface area contributed by atoms with Crippen LogP contribution in [0, 0.1) is 5.92 Å². The van der Waals surface area contributed by atoms with Gasteiger partial charge >= 0.3 is 6.09 Å². The molecule has 2 amide bonds. The number of piperazine rings is 1. The molecule has 3 aromatic heterocycles. The summed E-state index contributed by atoms with van der Waals surface area (Å²) in [4.78, 5) is 50.1. The van der Waals surface area contributed by atoms with Crippen molar-refractivity contribution in [3.05, 3.63) is 78.6 Å². The van der Waals surface area contributed by atoms with Crippen molar-refractivity contribution in [1.82, 2.24) is 40.0 Å². The van der Waals surface area contributed by atoms with E-state index in [2.05, 4.69) is 49.5 Å². The summed E-state index contributed by atoms with van der Waals surface area (Å²) < 4.78 is 4.96. The minimum Gasteiger partial charge on any atom is -0.453 e. The molecular formula is C36H41N9O3. The van der Waals surface area contributed by atoms with Crippen molar-refractivity contribution in [2.45, 2.75) is 44.8 Å². The van der Waals surface area contributed by atoms with Crippen LogP contribution >= 0.6 is 0 Å². The number of carbonyl (C=O) groups is 2. The maximum atomic E-state index is 13.3. The molecule has 3 atom stereocenters. The number of imidazole rings is 2. The first-order chi connectivity index (χ1) is 23.3. The van der Waals surface area contributed by atoms with E-state index in [4.69, 9.17) is 15.5 Å². The number of methoxy groups -OCH3 is 1. The van der Waals surface area contributed by atoms with Crippen LogP contribution in [-0.4, -0.2) is 86.1 Å². The van der Waals surface area contributed by atoms with Gasteiger partial charge in [-0.15, -0.1) is 0 Å². The van der Waals surface area contributed by atoms with Gasteiger partial charge in [-0.3, -0.25) is 4.79 Å². The van der Waals surface area contributed by atoms with Gasteiger partial charge in [0, 0.05) is 29.6 Å². The lowest BCUT2D eigenvalue weighted by Gasteiger charge is -2.41. The number of nitrogens with two attached hydrogens (primary N) is 1. The number of rotatable bonds is 7. The predicted molar refractivity (Wildman–Crippen MR) is 184 cm³/mol. The first-order valence-electron chi connectivity index (χ1n) is 16.5. The van der Waals surface area contributed by atoms with Gasteiger partial charge in [0.15, 0.2) is 0 Å². The lowest BCUT2D eigenvalue weighted by Crippen LogP contribution is -2.56. The minimum atomic E-state index is -0.645. The Morgan fingerprint density at radius 1 is 0.917 bits per heavy atom. The Morgan fingerprint density at radius 3 is 2.35 bits per heavy atom. The number of aromatic nitrogens is 5. The predicted octanol–water partition coefficient (Wildman–Crippen LogP) is 5.04. The highest BCUT2D eigenvalue weighted by Gasteiger charge is 2.38. The topological polar surface area (TPSA) is 158 Å². The van der Waals surface area contributed by atoms with E-state index in [-0.39, 0.29) is 18.4 Å². The summed E-state index contributed by atoms with van der Waals surface area (Å²) >= 11 is 0. The summed E-state index contributed by atoms with van der Waals surface area (Å²) in [5.74, 6) is 1.40. The number of fused-ring (bicyclic) bond motifs is 1. The summed E-state index contributed by atoms with van der Waals surface area (Å²) in [6.07, 6.45) is 5.51. The van der Waals surface area contributed by atoms with Crippen LogP contribution in [0.3, 0.4) is 0 Å². The molecule has 5 heterocycles. The maximum Gasteiger partial charge on any atom is 0.409 e. The Hall–Kier alpha value is -5.07. The Bertz CT molecular complexity index is 1930. The van der Waals surface area contributed by atoms with E-state index in [0.717, 1.165) is 63.5 Å². The number of nitrogens with zero attached hydrogens (tertiary/aromatic N) is 5. The molecule has 0 aliphatic carbocycles. The van der Waals surface area contributed by atoms with Crippen LogP contribution in [-0.2, 0) is 9.53 Å². The van der Waals surface area contributed by atoms with Crippen molar-refractivity contribution in [2.24, 2.45) is 11.7 Å². The van der Waals surface area contributed by atoms with Crippen molar-refractivity contribution < 1.29 is 14.3 Å². The van der Waals surface area contributed by atoms with Gasteiger partial charge in [-0.05, 0) is 49.1 Å². The maximum absolute atomic E-state index is 13.3. The molecule has 5 aromatic rings. The van der Waals surface area contributed by atoms with Gasteiger partial charge in [-0.2, -0.15) is 0 Å². The van der Waals surface area contributed by atoms with E-state index < -0.39 is 18.2 Å². The fourth-order valence-electron chi connectivity index (χ4n) is 6.56. The Balaban J connectivity index is 1.09. The molecule has 12 nitrogen and oxygen atoms in total. The highest BCUT2D eigenvalue weighted by atomic mass is 16.5. The van der Waals surface area contributed by atoms with Crippen molar-refractivity contribution >= 4 is 22.9 Å². The van der Waals surface area contributed by atoms with Gasteiger partial charge in [-0.25, -0.2) is 19.7 Å². The second-order valence-corrected chi connectivity index (χ2v) is 12.9. The quantitative estimate of drug-likeness (QED) is 0.191. The molecule has 0 spiro atoms. The van der Waals surface area contributed by atoms with Crippen LogP contribution in [0.15, 0.2) is 67.0 Å². The van der Waals surface area contributed by atoms with Crippen LogP contribution in [0.4, 0.5) is 4.79 Å². The lowest BCUT2D eigenvalue weighted by molar-refractivity contribution is -0.138. The van der Waals surface area contributed by atoms with E-state index in [1.54, 1.807) is 16.0 Å². The number of ether oxygens (including phenoxy) is 1. The second-order valence-electron chi connectivity index (χ2n) is 12.9. The fraction of sp³-hybridized carbons (Fsp3) is 0.361. The number of pyridine rings is 1. The van der Waals surface area contributed by atoms with Gasteiger partial charge < -0.3 is 35.6 Å². The average molecular weight is 648 g/mol. The fourth-order valence-corrected chi connectivity index (χ4v) is 6.56. The molecule has 2 aliphatic rings. The zero-order chi connectivity index (χ0) is 33.4. The number of hydrogen-bond donors (Lipinski definition) is 4. The van der Waals surface area contributed by atoms with Crippen LogP contribution in [0.1, 0.15) is 50.4 Å². The van der Waals surface area contributed by atoms with E-state index in [0.29, 0.717) is 25.0 Å². The molecule has 2 aliphatic heterocycles. The SMILES string of the molecule is COC(=O)N1CCN(C(=O)[C@@H](N)C(C)C)[C@H](c2ncc(-c3ccc(-c4ccc5cc(-c6cnc([C@@H]7CCCN7)[nH]6)ccc5n4)cc3)[nH]2)C1. The van der Waals surface area contributed by atoms with Crippen LogP contribution < -0.4 is 11.1 Å². The standard InChI is InChI=1S/C36H41N9O3/c1-21(2)32(37)35(46)45-16-15-44(36(47)48-3)20-31(45)34-40-18-29(43-34)23-8-6-22(7-9-23)26-12-10-24-17-25(11-13-27(24)41-26)30-19-39-33(42-30)28-5-4-14-38-28/h6-13,17-19,21,28,31-32,38H,4-5,14-16,20,37H2,1-3H3,(H,39,42)(H,40,43)/t28-,31-,32-/m0/s1. The van der Waals surface area contributed by atoms with Gasteiger partial charge in [-0.1, -0.05) is 50.2 Å². The Morgan fingerprint density at radius 2 is 1.62 bits per heavy atom. The van der Waals surface area contributed by atoms with Gasteiger partial charge in [0.05, 0.1) is 60.7 Å². The normalized spacial score (nSPS) is 18.9. The third kappa shape index (κ3) is 6.16. The molecule has 0 saturated carbocycles. The average Bonchev–Trinajstić information content (AvgIpc) is 3.93. The second kappa shape index (κ2) is 13.2. The number of hydrogen-bond acceptors (Lipinski definition) is 8. The first-order valence-corrected chi connectivity index (χ1v) is 16.5. The monoisotopic (exact) mass is 647 g/mol. The van der Waals surface area contributed by atoms with Crippen LogP contribution in [0.5, 0.6) is 0 Å². The van der Waals surface area contributed by atoms with Crippen molar-refractivity contribution in [2.75, 3.05) is 33.3 Å². The summed E-state index contributed by atoms with van der Waals surface area (Å²) in [6.45, 7) is 5.84. The van der Waals surface area contributed by atoms with Gasteiger partial charge in [0.2, 0.25) is 5.91 Å². The highest BCUT2D eigenvalue weighted by molar-refractivity contribution is 5.86. The Labute approximate surface area is 279 Å². The zero-order valence-electron chi connectivity index (χ0n) is 27.4.